The van der Waals surface area contributed by atoms with Gasteiger partial charge in [0.05, 0.1) is 33.6 Å². The third kappa shape index (κ3) is 4.92. The van der Waals surface area contributed by atoms with E-state index in [9.17, 15) is 0 Å². The van der Waals surface area contributed by atoms with Crippen molar-refractivity contribution in [1.82, 2.24) is 20.3 Å². The zero-order valence-corrected chi connectivity index (χ0v) is 10.4. The second-order valence-corrected chi connectivity index (χ2v) is 3.43. The molecule has 0 aliphatic carbocycles. The first-order valence-corrected chi connectivity index (χ1v) is 5.30. The molecule has 1 aliphatic heterocycles. The molecular weight excluding hydrogens is 224 g/mol. The number of methoxy groups -OCH3 is 2. The summed E-state index contributed by atoms with van der Waals surface area (Å²) >= 11 is 0. The van der Waals surface area contributed by atoms with Crippen LogP contribution >= 0.6 is 0 Å². The molecule has 1 fully saturated rings. The maximum atomic E-state index is 5.10. The van der Waals surface area contributed by atoms with E-state index in [0.717, 1.165) is 26.3 Å². The van der Waals surface area contributed by atoms with Crippen LogP contribution in [0.4, 0.5) is 0 Å². The largest absolute Gasteiger partial charge is 0.490 e. The molecule has 1 aliphatic rings. The van der Waals surface area contributed by atoms with Crippen LogP contribution in [0.25, 0.3) is 0 Å². The van der Waals surface area contributed by atoms with Crippen molar-refractivity contribution in [2.45, 2.75) is 0 Å². The predicted octanol–water partition coefficient (Wildman–Crippen LogP) is -0.163. The highest BCUT2D eigenvalue weighted by atomic mass is 16.5. The van der Waals surface area contributed by atoms with Crippen molar-refractivity contribution in [3.8, 4) is 11.6 Å². The van der Waals surface area contributed by atoms with Gasteiger partial charge in [0, 0.05) is 13.1 Å². The van der Waals surface area contributed by atoms with Gasteiger partial charge in [0.1, 0.15) is 0 Å². The van der Waals surface area contributed by atoms with E-state index in [1.807, 2.05) is 0 Å². The molecule has 0 unspecified atom stereocenters. The zero-order valence-electron chi connectivity index (χ0n) is 10.4. The third-order valence-electron chi connectivity index (χ3n) is 2.22. The standard InChI is InChI=1S/C5H7N3O2.C5H11NO/c1-9-4-3-6-8-7-5(4)10-2;1-6-2-4-7-5-3-6/h3H,1-2H3;2-5H2,1H3. The number of nitrogens with zero attached hydrogens (tertiary/aromatic N) is 4. The Bertz CT molecular complexity index is 295. The van der Waals surface area contributed by atoms with E-state index in [2.05, 4.69) is 27.4 Å². The molecule has 0 N–H and O–H groups in total. The topological polar surface area (TPSA) is 69.6 Å². The van der Waals surface area contributed by atoms with Crippen molar-refractivity contribution in [1.29, 1.82) is 0 Å². The zero-order chi connectivity index (χ0) is 12.5. The van der Waals surface area contributed by atoms with Gasteiger partial charge in [-0.1, -0.05) is 5.10 Å². The number of rotatable bonds is 2. The smallest absolute Gasteiger partial charge is 0.279 e. The molecule has 0 spiro atoms. The van der Waals surface area contributed by atoms with Gasteiger partial charge in [0.15, 0.2) is 0 Å². The number of hydrogen-bond acceptors (Lipinski definition) is 7. The quantitative estimate of drug-likeness (QED) is 0.713. The molecule has 7 heteroatoms. The van der Waals surface area contributed by atoms with Gasteiger partial charge in [-0.2, -0.15) is 0 Å². The van der Waals surface area contributed by atoms with Gasteiger partial charge in [0.25, 0.3) is 5.88 Å². The lowest BCUT2D eigenvalue weighted by atomic mass is 10.5. The number of morpholine rings is 1. The molecule has 0 amide bonds. The maximum absolute atomic E-state index is 5.10. The Labute approximate surface area is 101 Å². The number of ether oxygens (including phenoxy) is 3. The molecule has 0 radical (unpaired) electrons. The minimum Gasteiger partial charge on any atom is -0.490 e. The summed E-state index contributed by atoms with van der Waals surface area (Å²) in [4.78, 5) is 2.27. The van der Waals surface area contributed by atoms with Crippen molar-refractivity contribution in [3.05, 3.63) is 6.20 Å². The molecule has 1 aromatic heterocycles. The van der Waals surface area contributed by atoms with E-state index in [4.69, 9.17) is 14.2 Å². The molecule has 1 saturated heterocycles. The van der Waals surface area contributed by atoms with Gasteiger partial charge < -0.3 is 19.1 Å². The van der Waals surface area contributed by atoms with Crippen molar-refractivity contribution in [2.75, 3.05) is 47.6 Å². The van der Waals surface area contributed by atoms with Crippen LogP contribution in [0.3, 0.4) is 0 Å². The van der Waals surface area contributed by atoms with Gasteiger partial charge in [0.2, 0.25) is 5.75 Å². The second kappa shape index (κ2) is 7.75. The summed E-state index contributed by atoms with van der Waals surface area (Å²) in [6, 6.07) is 0. The first-order valence-electron chi connectivity index (χ1n) is 5.30. The van der Waals surface area contributed by atoms with E-state index in [1.54, 1.807) is 0 Å². The highest BCUT2D eigenvalue weighted by Gasteiger charge is 2.02. The lowest BCUT2D eigenvalue weighted by Gasteiger charge is -2.21. The van der Waals surface area contributed by atoms with Crippen LogP contribution in [0, 0.1) is 0 Å². The predicted molar refractivity (Wildman–Crippen MR) is 61.2 cm³/mol. The van der Waals surface area contributed by atoms with Crippen molar-refractivity contribution < 1.29 is 14.2 Å². The molecule has 96 valence electrons. The molecule has 0 bridgehead atoms. The summed E-state index contributed by atoms with van der Waals surface area (Å²) in [6.07, 6.45) is 1.44. The van der Waals surface area contributed by atoms with Gasteiger partial charge in [-0.15, -0.1) is 5.10 Å². The monoisotopic (exact) mass is 242 g/mol. The van der Waals surface area contributed by atoms with Crippen LogP contribution in [0.2, 0.25) is 0 Å². The van der Waals surface area contributed by atoms with Gasteiger partial charge in [-0.3, -0.25) is 0 Å². The van der Waals surface area contributed by atoms with Gasteiger partial charge in [-0.05, 0) is 12.3 Å². The lowest BCUT2D eigenvalue weighted by molar-refractivity contribution is 0.0503. The molecule has 0 saturated carbocycles. The summed E-state index contributed by atoms with van der Waals surface area (Å²) in [5.74, 6) is 0.829. The fraction of sp³-hybridized carbons (Fsp3) is 0.700. The summed E-state index contributed by atoms with van der Waals surface area (Å²) in [5, 5.41) is 10.4. The average molecular weight is 242 g/mol. The van der Waals surface area contributed by atoms with Crippen LogP contribution in [0.5, 0.6) is 11.6 Å². The Kier molecular flexibility index (Phi) is 6.19. The molecule has 17 heavy (non-hydrogen) atoms. The van der Waals surface area contributed by atoms with E-state index >= 15 is 0 Å². The first-order chi connectivity index (χ1) is 8.27. The second-order valence-electron chi connectivity index (χ2n) is 3.43. The SMILES string of the molecule is CN1CCOCC1.COc1cnnnc1OC. The molecular formula is C10H18N4O3. The summed E-state index contributed by atoms with van der Waals surface area (Å²) in [7, 11) is 5.12. The van der Waals surface area contributed by atoms with Gasteiger partial charge >= 0.3 is 0 Å². The van der Waals surface area contributed by atoms with Crippen LogP contribution in [0.15, 0.2) is 6.20 Å². The maximum Gasteiger partial charge on any atom is 0.279 e. The Morgan fingerprint density at radius 1 is 1.24 bits per heavy atom. The Morgan fingerprint density at radius 2 is 1.94 bits per heavy atom. The number of likely N-dealkylation sites (N-methyl/N-ethyl adjacent to an activating group) is 1. The molecule has 0 atom stereocenters. The molecule has 2 rings (SSSR count). The van der Waals surface area contributed by atoms with Gasteiger partial charge in [-0.25, -0.2) is 0 Å². The normalized spacial score (nSPS) is 15.7. The fourth-order valence-corrected chi connectivity index (χ4v) is 1.19. The Hall–Kier alpha value is -1.47. The van der Waals surface area contributed by atoms with Crippen molar-refractivity contribution in [2.24, 2.45) is 0 Å². The van der Waals surface area contributed by atoms with Crippen molar-refractivity contribution in [3.63, 3.8) is 0 Å². The van der Waals surface area contributed by atoms with Crippen molar-refractivity contribution >= 4 is 0 Å². The summed E-state index contributed by atoms with van der Waals surface area (Å²) in [5.41, 5.74) is 0. The number of hydrogen-bond donors (Lipinski definition) is 0. The van der Waals surface area contributed by atoms with Crippen LogP contribution in [-0.2, 0) is 4.74 Å². The fourth-order valence-electron chi connectivity index (χ4n) is 1.19. The first kappa shape index (κ1) is 13.6. The Morgan fingerprint density at radius 3 is 2.35 bits per heavy atom. The molecule has 0 aromatic carbocycles. The average Bonchev–Trinajstić information content (AvgIpc) is 2.40. The van der Waals surface area contributed by atoms with E-state index < -0.39 is 0 Å². The summed E-state index contributed by atoms with van der Waals surface area (Å²) in [6.45, 7) is 4.02. The lowest BCUT2D eigenvalue weighted by Crippen LogP contribution is -2.32. The Balaban J connectivity index is 0.000000181. The van der Waals surface area contributed by atoms with Crippen LogP contribution < -0.4 is 9.47 Å². The molecule has 7 nitrogen and oxygen atoms in total. The number of aromatic nitrogens is 3. The minimum absolute atomic E-state index is 0.345. The highest BCUT2D eigenvalue weighted by Crippen LogP contribution is 2.19. The van der Waals surface area contributed by atoms with Crippen LogP contribution in [0.1, 0.15) is 0 Å². The minimum atomic E-state index is 0.345. The molecule has 1 aromatic rings. The third-order valence-corrected chi connectivity index (χ3v) is 2.22. The van der Waals surface area contributed by atoms with Crippen LogP contribution in [-0.4, -0.2) is 67.9 Å². The highest BCUT2D eigenvalue weighted by molar-refractivity contribution is 5.27. The summed E-state index contributed by atoms with van der Waals surface area (Å²) < 4.78 is 14.7. The molecule has 2 heterocycles. The van der Waals surface area contributed by atoms with E-state index in [0.29, 0.717) is 11.6 Å². The van der Waals surface area contributed by atoms with E-state index in [1.165, 1.54) is 20.4 Å². The van der Waals surface area contributed by atoms with E-state index in [-0.39, 0.29) is 0 Å².